The SMILES string of the molecule is CC.CC1CCCC2(C)CCN12. The van der Waals surface area contributed by atoms with E-state index in [1.165, 1.54) is 32.2 Å². The van der Waals surface area contributed by atoms with Gasteiger partial charge in [-0.3, -0.25) is 4.90 Å². The molecule has 2 heterocycles. The summed E-state index contributed by atoms with van der Waals surface area (Å²) in [5.41, 5.74) is 0.623. The number of nitrogens with zero attached hydrogens (tertiary/aromatic N) is 1. The average molecular weight is 169 g/mol. The zero-order chi connectivity index (χ0) is 9.19. The second kappa shape index (κ2) is 3.78. The Morgan fingerprint density at radius 2 is 1.92 bits per heavy atom. The van der Waals surface area contributed by atoms with Gasteiger partial charge in [0, 0.05) is 18.1 Å². The highest BCUT2D eigenvalue weighted by atomic mass is 15.3. The van der Waals surface area contributed by atoms with E-state index in [0.717, 1.165) is 6.04 Å². The van der Waals surface area contributed by atoms with E-state index in [9.17, 15) is 0 Å². The number of fused-ring (bicyclic) bond motifs is 1. The number of hydrogen-bond acceptors (Lipinski definition) is 1. The van der Waals surface area contributed by atoms with Gasteiger partial charge in [0.05, 0.1) is 0 Å². The van der Waals surface area contributed by atoms with E-state index in [1.807, 2.05) is 13.8 Å². The fourth-order valence-electron chi connectivity index (χ4n) is 2.58. The molecule has 2 atom stereocenters. The van der Waals surface area contributed by atoms with Crippen molar-refractivity contribution in [2.45, 2.75) is 65.0 Å². The van der Waals surface area contributed by atoms with E-state index in [-0.39, 0.29) is 0 Å². The van der Waals surface area contributed by atoms with Gasteiger partial charge in [-0.25, -0.2) is 0 Å². The molecule has 0 spiro atoms. The minimum atomic E-state index is 0.623. The molecule has 2 rings (SSSR count). The van der Waals surface area contributed by atoms with Crippen molar-refractivity contribution in [3.05, 3.63) is 0 Å². The molecule has 0 aromatic rings. The normalized spacial score (nSPS) is 40.5. The average Bonchev–Trinajstić information content (AvgIpc) is 2.04. The van der Waals surface area contributed by atoms with E-state index in [2.05, 4.69) is 18.7 Å². The predicted octanol–water partition coefficient (Wildman–Crippen LogP) is 3.05. The Morgan fingerprint density at radius 3 is 2.25 bits per heavy atom. The molecule has 2 fully saturated rings. The molecule has 0 radical (unpaired) electrons. The number of hydrogen-bond donors (Lipinski definition) is 0. The summed E-state index contributed by atoms with van der Waals surface area (Å²) in [4.78, 5) is 2.68. The molecule has 0 aromatic carbocycles. The summed E-state index contributed by atoms with van der Waals surface area (Å²) in [6.45, 7) is 10.2. The van der Waals surface area contributed by atoms with Crippen LogP contribution >= 0.6 is 0 Å². The van der Waals surface area contributed by atoms with E-state index in [1.54, 1.807) is 0 Å². The molecule has 0 N–H and O–H groups in total. The van der Waals surface area contributed by atoms with Gasteiger partial charge in [-0.15, -0.1) is 0 Å². The van der Waals surface area contributed by atoms with E-state index >= 15 is 0 Å². The van der Waals surface area contributed by atoms with Crippen molar-refractivity contribution in [3.8, 4) is 0 Å². The Hall–Kier alpha value is -0.0400. The Labute approximate surface area is 77.1 Å². The molecule has 12 heavy (non-hydrogen) atoms. The fourth-order valence-corrected chi connectivity index (χ4v) is 2.58. The predicted molar refractivity (Wildman–Crippen MR) is 54.4 cm³/mol. The van der Waals surface area contributed by atoms with Gasteiger partial charge in [-0.1, -0.05) is 20.3 Å². The summed E-state index contributed by atoms with van der Waals surface area (Å²) in [5.74, 6) is 0. The lowest BCUT2D eigenvalue weighted by Crippen LogP contribution is -2.63. The lowest BCUT2D eigenvalue weighted by atomic mass is 9.76. The zero-order valence-corrected chi connectivity index (χ0v) is 9.06. The molecule has 0 amide bonds. The first-order valence-electron chi connectivity index (χ1n) is 5.49. The Kier molecular flexibility index (Phi) is 3.16. The second-order valence-electron chi connectivity index (χ2n) is 4.18. The maximum atomic E-state index is 2.68. The molecule has 2 aliphatic rings. The van der Waals surface area contributed by atoms with Crippen LogP contribution in [-0.2, 0) is 0 Å². The monoisotopic (exact) mass is 169 g/mol. The Morgan fingerprint density at radius 1 is 1.25 bits per heavy atom. The minimum Gasteiger partial charge on any atom is -0.295 e. The molecule has 2 unspecified atom stereocenters. The topological polar surface area (TPSA) is 3.24 Å². The molecule has 2 aliphatic heterocycles. The van der Waals surface area contributed by atoms with Crippen molar-refractivity contribution >= 4 is 0 Å². The maximum Gasteiger partial charge on any atom is 0.0196 e. The van der Waals surface area contributed by atoms with Crippen LogP contribution in [0.15, 0.2) is 0 Å². The summed E-state index contributed by atoms with van der Waals surface area (Å²) in [6, 6.07) is 0.868. The lowest BCUT2D eigenvalue weighted by Gasteiger charge is -2.57. The molecule has 0 bridgehead atoms. The van der Waals surface area contributed by atoms with Gasteiger partial charge in [-0.05, 0) is 33.1 Å². The first-order valence-corrected chi connectivity index (χ1v) is 5.49. The van der Waals surface area contributed by atoms with Crippen LogP contribution in [0, 0.1) is 0 Å². The highest BCUT2D eigenvalue weighted by Gasteiger charge is 2.44. The van der Waals surface area contributed by atoms with Gasteiger partial charge in [0.25, 0.3) is 0 Å². The smallest absolute Gasteiger partial charge is 0.0196 e. The Balaban J connectivity index is 0.000000336. The van der Waals surface area contributed by atoms with Gasteiger partial charge < -0.3 is 0 Å². The van der Waals surface area contributed by atoms with Crippen molar-refractivity contribution in [2.75, 3.05) is 6.54 Å². The van der Waals surface area contributed by atoms with Crippen molar-refractivity contribution in [3.63, 3.8) is 0 Å². The van der Waals surface area contributed by atoms with Gasteiger partial charge in [0.1, 0.15) is 0 Å². The van der Waals surface area contributed by atoms with Crippen molar-refractivity contribution in [1.29, 1.82) is 0 Å². The summed E-state index contributed by atoms with van der Waals surface area (Å²) < 4.78 is 0. The van der Waals surface area contributed by atoms with E-state index < -0.39 is 0 Å². The summed E-state index contributed by atoms with van der Waals surface area (Å²) in [6.07, 6.45) is 5.76. The zero-order valence-electron chi connectivity index (χ0n) is 9.06. The lowest BCUT2D eigenvalue weighted by molar-refractivity contribution is -0.0657. The maximum absolute atomic E-state index is 2.68. The van der Waals surface area contributed by atoms with Gasteiger partial charge in [-0.2, -0.15) is 0 Å². The van der Waals surface area contributed by atoms with Crippen LogP contribution in [-0.4, -0.2) is 23.0 Å². The fraction of sp³-hybridized carbons (Fsp3) is 1.00. The van der Waals surface area contributed by atoms with E-state index in [4.69, 9.17) is 0 Å². The summed E-state index contributed by atoms with van der Waals surface area (Å²) in [7, 11) is 0. The largest absolute Gasteiger partial charge is 0.295 e. The van der Waals surface area contributed by atoms with Crippen LogP contribution in [0.4, 0.5) is 0 Å². The van der Waals surface area contributed by atoms with Crippen LogP contribution in [0.2, 0.25) is 0 Å². The van der Waals surface area contributed by atoms with Gasteiger partial charge >= 0.3 is 0 Å². The summed E-state index contributed by atoms with van der Waals surface area (Å²) in [5, 5.41) is 0. The van der Waals surface area contributed by atoms with E-state index in [0.29, 0.717) is 5.54 Å². The first kappa shape index (κ1) is 10.0. The number of rotatable bonds is 0. The van der Waals surface area contributed by atoms with Crippen molar-refractivity contribution in [1.82, 2.24) is 4.90 Å². The second-order valence-corrected chi connectivity index (χ2v) is 4.18. The molecule has 1 heteroatoms. The van der Waals surface area contributed by atoms with Crippen LogP contribution in [0.25, 0.3) is 0 Å². The standard InChI is InChI=1S/C9H17N.C2H6/c1-8-4-3-5-9(2)6-7-10(8)9;1-2/h8H,3-7H2,1-2H3;1-2H3. The van der Waals surface area contributed by atoms with Crippen LogP contribution < -0.4 is 0 Å². The first-order chi connectivity index (χ1) is 5.72. The third-order valence-corrected chi connectivity index (χ3v) is 3.45. The van der Waals surface area contributed by atoms with Crippen LogP contribution in [0.3, 0.4) is 0 Å². The number of piperidine rings is 1. The Bertz CT molecular complexity index is 144. The molecule has 1 nitrogen and oxygen atoms in total. The third kappa shape index (κ3) is 1.52. The molecular formula is C11H23N. The minimum absolute atomic E-state index is 0.623. The third-order valence-electron chi connectivity index (χ3n) is 3.45. The molecule has 0 aliphatic carbocycles. The molecule has 0 saturated carbocycles. The van der Waals surface area contributed by atoms with Gasteiger partial charge in [0.15, 0.2) is 0 Å². The summed E-state index contributed by atoms with van der Waals surface area (Å²) >= 11 is 0. The highest BCUT2D eigenvalue weighted by molar-refractivity contribution is 5.00. The quantitative estimate of drug-likeness (QED) is 0.539. The van der Waals surface area contributed by atoms with Gasteiger partial charge in [0.2, 0.25) is 0 Å². The molecule has 2 saturated heterocycles. The molecular weight excluding hydrogens is 146 g/mol. The molecule has 72 valence electrons. The highest BCUT2D eigenvalue weighted by Crippen LogP contribution is 2.41. The van der Waals surface area contributed by atoms with Crippen LogP contribution in [0.5, 0.6) is 0 Å². The van der Waals surface area contributed by atoms with Crippen LogP contribution in [0.1, 0.15) is 53.4 Å². The van der Waals surface area contributed by atoms with Crippen molar-refractivity contribution < 1.29 is 0 Å². The molecule has 0 aromatic heterocycles. The van der Waals surface area contributed by atoms with Crippen molar-refractivity contribution in [2.24, 2.45) is 0 Å².